The van der Waals surface area contributed by atoms with Gasteiger partial charge in [0.15, 0.2) is 0 Å². The molecule has 0 unspecified atom stereocenters. The van der Waals surface area contributed by atoms with Gasteiger partial charge in [-0.15, -0.1) is 0 Å². The molecule has 0 saturated heterocycles. The molecule has 2 heterocycles. The van der Waals surface area contributed by atoms with Crippen molar-refractivity contribution < 1.29 is 9.90 Å². The molecule has 0 saturated carbocycles. The molecule has 0 aliphatic carbocycles. The number of rotatable bonds is 0. The number of benzene rings is 1. The Bertz CT molecular complexity index is 548. The fourth-order valence-corrected chi connectivity index (χ4v) is 3.50. The Morgan fingerprint density at radius 2 is 2.05 bits per heavy atom. The van der Waals surface area contributed by atoms with E-state index in [1.807, 2.05) is 0 Å². The molecule has 4 heteroatoms. The van der Waals surface area contributed by atoms with E-state index in [1.165, 1.54) is 16.8 Å². The van der Waals surface area contributed by atoms with Gasteiger partial charge in [-0.25, -0.2) is 4.79 Å². The van der Waals surface area contributed by atoms with Gasteiger partial charge < -0.3 is 14.9 Å². The van der Waals surface area contributed by atoms with Crippen molar-refractivity contribution in [2.75, 3.05) is 24.5 Å². The van der Waals surface area contributed by atoms with Crippen molar-refractivity contribution in [1.29, 1.82) is 0 Å². The number of amides is 1. The topological polar surface area (TPSA) is 43.8 Å². The zero-order valence-electron chi connectivity index (χ0n) is 12.4. The molecule has 1 aromatic carbocycles. The minimum Gasteiger partial charge on any atom is -0.465 e. The Hall–Kier alpha value is -1.71. The van der Waals surface area contributed by atoms with Crippen LogP contribution in [0.4, 0.5) is 10.5 Å². The number of carboxylic acid groups (broad SMARTS) is 1. The SMILES string of the molecule is CC(C)(C)N1C[C@H]2CN(C(=O)O)CCc3cccc1c32. The molecule has 2 aliphatic rings. The fraction of sp³-hybridized carbons (Fsp3) is 0.562. The van der Waals surface area contributed by atoms with Crippen molar-refractivity contribution in [2.45, 2.75) is 38.6 Å². The Labute approximate surface area is 120 Å². The average molecular weight is 274 g/mol. The van der Waals surface area contributed by atoms with E-state index in [4.69, 9.17) is 0 Å². The van der Waals surface area contributed by atoms with Gasteiger partial charge in [0.05, 0.1) is 0 Å². The summed E-state index contributed by atoms with van der Waals surface area (Å²) in [5, 5.41) is 9.31. The molecular formula is C16H22N2O2. The lowest BCUT2D eigenvalue weighted by Gasteiger charge is -2.35. The van der Waals surface area contributed by atoms with Crippen molar-refractivity contribution in [1.82, 2.24) is 4.90 Å². The minimum atomic E-state index is -0.798. The monoisotopic (exact) mass is 274 g/mol. The second-order valence-electron chi connectivity index (χ2n) is 6.81. The van der Waals surface area contributed by atoms with E-state index in [2.05, 4.69) is 43.9 Å². The second-order valence-corrected chi connectivity index (χ2v) is 6.81. The van der Waals surface area contributed by atoms with Crippen LogP contribution in [0.25, 0.3) is 0 Å². The summed E-state index contributed by atoms with van der Waals surface area (Å²) in [7, 11) is 0. The molecule has 0 aromatic heterocycles. The Kier molecular flexibility index (Phi) is 2.92. The maximum absolute atomic E-state index is 11.3. The molecule has 0 fully saturated rings. The van der Waals surface area contributed by atoms with Crippen LogP contribution in [0.1, 0.15) is 37.8 Å². The lowest BCUT2D eigenvalue weighted by Crippen LogP contribution is -2.42. The summed E-state index contributed by atoms with van der Waals surface area (Å²) < 4.78 is 0. The van der Waals surface area contributed by atoms with Crippen LogP contribution in [-0.2, 0) is 6.42 Å². The molecule has 20 heavy (non-hydrogen) atoms. The summed E-state index contributed by atoms with van der Waals surface area (Å²) in [5.41, 5.74) is 4.07. The molecule has 0 radical (unpaired) electrons. The number of hydrogen-bond donors (Lipinski definition) is 1. The highest BCUT2D eigenvalue weighted by atomic mass is 16.4. The van der Waals surface area contributed by atoms with E-state index in [9.17, 15) is 9.90 Å². The zero-order valence-corrected chi connectivity index (χ0v) is 12.4. The van der Waals surface area contributed by atoms with Gasteiger partial charge in [0.1, 0.15) is 0 Å². The van der Waals surface area contributed by atoms with Gasteiger partial charge in [-0.05, 0) is 44.4 Å². The summed E-state index contributed by atoms with van der Waals surface area (Å²) in [4.78, 5) is 15.3. The minimum absolute atomic E-state index is 0.0649. The van der Waals surface area contributed by atoms with Gasteiger partial charge in [-0.1, -0.05) is 12.1 Å². The van der Waals surface area contributed by atoms with E-state index in [-0.39, 0.29) is 5.54 Å². The predicted octanol–water partition coefficient (Wildman–Crippen LogP) is 2.92. The average Bonchev–Trinajstić information content (AvgIpc) is 2.62. The summed E-state index contributed by atoms with van der Waals surface area (Å²) in [5.74, 6) is 0.305. The predicted molar refractivity (Wildman–Crippen MR) is 79.6 cm³/mol. The molecule has 3 rings (SSSR count). The molecule has 4 nitrogen and oxygen atoms in total. The first kappa shape index (κ1) is 13.3. The van der Waals surface area contributed by atoms with E-state index in [0.717, 1.165) is 13.0 Å². The summed E-state index contributed by atoms with van der Waals surface area (Å²) in [6.07, 6.45) is 0.0257. The third-order valence-electron chi connectivity index (χ3n) is 4.45. The van der Waals surface area contributed by atoms with Gasteiger partial charge in [0.25, 0.3) is 0 Å². The Balaban J connectivity index is 2.04. The van der Waals surface area contributed by atoms with Crippen molar-refractivity contribution in [3.63, 3.8) is 0 Å². The Morgan fingerprint density at radius 1 is 1.30 bits per heavy atom. The lowest BCUT2D eigenvalue weighted by atomic mass is 9.95. The zero-order chi connectivity index (χ0) is 14.5. The van der Waals surface area contributed by atoms with Crippen molar-refractivity contribution in [3.05, 3.63) is 29.3 Å². The third kappa shape index (κ3) is 2.03. The molecule has 1 amide bonds. The highest BCUT2D eigenvalue weighted by molar-refractivity contribution is 5.68. The number of nitrogens with zero attached hydrogens (tertiary/aromatic N) is 2. The first-order valence-electron chi connectivity index (χ1n) is 7.25. The van der Waals surface area contributed by atoms with E-state index >= 15 is 0 Å². The van der Waals surface area contributed by atoms with Crippen LogP contribution in [0.2, 0.25) is 0 Å². The quantitative estimate of drug-likeness (QED) is 0.791. The van der Waals surface area contributed by atoms with Crippen LogP contribution in [0.3, 0.4) is 0 Å². The number of anilines is 1. The molecule has 1 aromatic rings. The van der Waals surface area contributed by atoms with Crippen molar-refractivity contribution in [3.8, 4) is 0 Å². The maximum atomic E-state index is 11.3. The number of carbonyl (C=O) groups is 1. The molecule has 2 aliphatic heterocycles. The second kappa shape index (κ2) is 4.40. The summed E-state index contributed by atoms with van der Waals surface area (Å²) in [6, 6.07) is 6.44. The van der Waals surface area contributed by atoms with Gasteiger partial charge >= 0.3 is 6.09 Å². The molecule has 1 atom stereocenters. The Morgan fingerprint density at radius 3 is 2.70 bits per heavy atom. The third-order valence-corrected chi connectivity index (χ3v) is 4.45. The molecule has 0 bridgehead atoms. The van der Waals surface area contributed by atoms with E-state index < -0.39 is 6.09 Å². The van der Waals surface area contributed by atoms with Gasteiger partial charge in [-0.3, -0.25) is 0 Å². The van der Waals surface area contributed by atoms with Crippen LogP contribution in [0.5, 0.6) is 0 Å². The van der Waals surface area contributed by atoms with Gasteiger partial charge in [-0.2, -0.15) is 0 Å². The maximum Gasteiger partial charge on any atom is 0.407 e. The molecule has 0 spiro atoms. The van der Waals surface area contributed by atoms with Crippen molar-refractivity contribution in [2.24, 2.45) is 0 Å². The number of hydrogen-bond acceptors (Lipinski definition) is 2. The standard InChI is InChI=1S/C16H22N2O2/c1-16(2,3)18-10-12-9-17(15(19)20)8-7-11-5-4-6-13(18)14(11)12/h4-6,12H,7-10H2,1-3H3,(H,19,20)/t12-/m1/s1. The van der Waals surface area contributed by atoms with Crippen molar-refractivity contribution >= 4 is 11.8 Å². The first-order valence-corrected chi connectivity index (χ1v) is 7.25. The smallest absolute Gasteiger partial charge is 0.407 e. The molecule has 1 N–H and O–H groups in total. The van der Waals surface area contributed by atoms with Gasteiger partial charge in [0, 0.05) is 36.8 Å². The van der Waals surface area contributed by atoms with Crippen LogP contribution in [0, 0.1) is 0 Å². The summed E-state index contributed by atoms with van der Waals surface area (Å²) >= 11 is 0. The van der Waals surface area contributed by atoms with Crippen LogP contribution >= 0.6 is 0 Å². The van der Waals surface area contributed by atoms with Crippen LogP contribution in [0.15, 0.2) is 18.2 Å². The van der Waals surface area contributed by atoms with E-state index in [0.29, 0.717) is 19.0 Å². The lowest BCUT2D eigenvalue weighted by molar-refractivity contribution is 0.144. The fourth-order valence-electron chi connectivity index (χ4n) is 3.50. The highest BCUT2D eigenvalue weighted by Gasteiger charge is 2.38. The largest absolute Gasteiger partial charge is 0.465 e. The first-order chi connectivity index (χ1) is 9.38. The van der Waals surface area contributed by atoms with Crippen LogP contribution < -0.4 is 4.90 Å². The van der Waals surface area contributed by atoms with Gasteiger partial charge in [0.2, 0.25) is 0 Å². The summed E-state index contributed by atoms with van der Waals surface area (Å²) in [6.45, 7) is 8.79. The highest BCUT2D eigenvalue weighted by Crippen LogP contribution is 2.43. The molecular weight excluding hydrogens is 252 g/mol. The normalized spacial score (nSPS) is 21.6. The van der Waals surface area contributed by atoms with E-state index in [1.54, 1.807) is 4.90 Å². The van der Waals surface area contributed by atoms with Crippen LogP contribution in [-0.4, -0.2) is 41.3 Å². The molecule has 108 valence electrons.